The van der Waals surface area contributed by atoms with Crippen LogP contribution in [0.4, 0.5) is 9.18 Å². The molecule has 4 rings (SSSR count). The third kappa shape index (κ3) is 2.66. The van der Waals surface area contributed by atoms with E-state index >= 15 is 0 Å². The number of methoxy groups -OCH3 is 1. The molecule has 0 radical (unpaired) electrons. The Bertz CT molecular complexity index is 1060. The predicted molar refractivity (Wildman–Crippen MR) is 94.9 cm³/mol. The minimum absolute atomic E-state index is 0.0527. The van der Waals surface area contributed by atoms with E-state index in [1.807, 2.05) is 0 Å². The lowest BCUT2D eigenvalue weighted by molar-refractivity contribution is -0.124. The summed E-state index contributed by atoms with van der Waals surface area (Å²) in [6.45, 7) is -0.0704. The van der Waals surface area contributed by atoms with Crippen LogP contribution in [0.5, 0.6) is 11.6 Å². The molecule has 0 bridgehead atoms. The van der Waals surface area contributed by atoms with Crippen molar-refractivity contribution in [1.82, 2.24) is 15.2 Å². The second-order valence-corrected chi connectivity index (χ2v) is 6.35. The fourth-order valence-electron chi connectivity index (χ4n) is 3.37. The smallest absolute Gasteiger partial charge is 0.322 e. The van der Waals surface area contributed by atoms with Gasteiger partial charge in [-0.3, -0.25) is 10.1 Å². The molecule has 0 spiro atoms. The number of urea groups is 1. The summed E-state index contributed by atoms with van der Waals surface area (Å²) in [5.41, 5.74) is -1.07. The number of aromatic hydroxyl groups is 1. The van der Waals surface area contributed by atoms with Gasteiger partial charge in [-0.05, 0) is 35.9 Å². The van der Waals surface area contributed by atoms with Gasteiger partial charge in [-0.2, -0.15) is 0 Å². The SMILES string of the molecule is COc1ccc2c(O)n(CC3(c4ccc(F)cc4)NC(=O)NC3=O)cc2c1. The van der Waals surface area contributed by atoms with Crippen molar-refractivity contribution in [3.05, 3.63) is 60.0 Å². The highest BCUT2D eigenvalue weighted by Crippen LogP contribution is 2.34. The van der Waals surface area contributed by atoms with Gasteiger partial charge in [-0.15, -0.1) is 0 Å². The summed E-state index contributed by atoms with van der Waals surface area (Å²) in [5.74, 6) is -0.461. The van der Waals surface area contributed by atoms with Crippen molar-refractivity contribution < 1.29 is 23.8 Å². The molecule has 2 heterocycles. The number of carbonyl (C=O) groups is 2. The van der Waals surface area contributed by atoms with Crippen LogP contribution in [0, 0.1) is 5.82 Å². The first-order valence-electron chi connectivity index (χ1n) is 8.18. The van der Waals surface area contributed by atoms with Crippen LogP contribution in [0.1, 0.15) is 5.56 Å². The summed E-state index contributed by atoms with van der Waals surface area (Å²) in [4.78, 5) is 24.5. The van der Waals surface area contributed by atoms with E-state index in [9.17, 15) is 19.1 Å². The molecule has 1 aliphatic rings. The number of nitrogens with zero attached hydrogens (tertiary/aromatic N) is 1. The number of rotatable bonds is 4. The molecule has 27 heavy (non-hydrogen) atoms. The molecule has 3 amide bonds. The van der Waals surface area contributed by atoms with Gasteiger partial charge in [0.25, 0.3) is 5.91 Å². The molecule has 1 saturated heterocycles. The summed E-state index contributed by atoms with van der Waals surface area (Å²) in [5, 5.41) is 16.7. The van der Waals surface area contributed by atoms with Crippen LogP contribution in [0.15, 0.2) is 48.7 Å². The fourth-order valence-corrected chi connectivity index (χ4v) is 3.37. The molecule has 0 aliphatic carbocycles. The minimum Gasteiger partial charge on any atom is -0.497 e. The summed E-state index contributed by atoms with van der Waals surface area (Å²) >= 11 is 0. The molecule has 1 fully saturated rings. The van der Waals surface area contributed by atoms with E-state index in [4.69, 9.17) is 4.74 Å². The van der Waals surface area contributed by atoms with E-state index < -0.39 is 23.3 Å². The maximum Gasteiger partial charge on any atom is 0.322 e. The molecular formula is C19H16FN3O4. The van der Waals surface area contributed by atoms with Crippen LogP contribution in [-0.2, 0) is 16.9 Å². The number of ether oxygens (including phenoxy) is 1. The molecule has 138 valence electrons. The number of amides is 3. The molecule has 1 aliphatic heterocycles. The number of aromatic nitrogens is 1. The number of nitrogens with one attached hydrogen (secondary N) is 2. The number of halogens is 1. The summed E-state index contributed by atoms with van der Waals surface area (Å²) in [6.07, 6.45) is 1.66. The van der Waals surface area contributed by atoms with Crippen molar-refractivity contribution in [2.45, 2.75) is 12.1 Å². The normalized spacial score (nSPS) is 19.2. The Labute approximate surface area is 153 Å². The summed E-state index contributed by atoms with van der Waals surface area (Å²) in [6, 6.07) is 9.82. The number of imide groups is 1. The van der Waals surface area contributed by atoms with Crippen molar-refractivity contribution in [1.29, 1.82) is 0 Å². The first-order valence-corrected chi connectivity index (χ1v) is 8.18. The zero-order valence-electron chi connectivity index (χ0n) is 14.3. The van der Waals surface area contributed by atoms with Crippen LogP contribution >= 0.6 is 0 Å². The number of fused-ring (bicyclic) bond motifs is 1. The van der Waals surface area contributed by atoms with Gasteiger partial charge in [0, 0.05) is 17.0 Å². The van der Waals surface area contributed by atoms with Gasteiger partial charge in [0.2, 0.25) is 0 Å². The molecule has 1 atom stereocenters. The van der Waals surface area contributed by atoms with E-state index in [-0.39, 0.29) is 12.4 Å². The molecule has 2 aromatic carbocycles. The molecule has 1 unspecified atom stereocenters. The van der Waals surface area contributed by atoms with Crippen LogP contribution in [-0.4, -0.2) is 28.7 Å². The summed E-state index contributed by atoms with van der Waals surface area (Å²) < 4.78 is 20.0. The standard InChI is InChI=1S/C19H16FN3O4/c1-27-14-6-7-15-11(8-14)9-23(16(15)24)10-19(17(25)21-18(26)22-19)12-2-4-13(20)5-3-12/h2-9,24H,10H2,1H3,(H2,21,22,25,26). The highest BCUT2D eigenvalue weighted by atomic mass is 19.1. The van der Waals surface area contributed by atoms with Crippen molar-refractivity contribution >= 4 is 22.7 Å². The van der Waals surface area contributed by atoms with Crippen LogP contribution in [0.2, 0.25) is 0 Å². The van der Waals surface area contributed by atoms with Gasteiger partial charge < -0.3 is 19.7 Å². The van der Waals surface area contributed by atoms with Gasteiger partial charge in [-0.1, -0.05) is 12.1 Å². The molecule has 3 aromatic rings. The quantitative estimate of drug-likeness (QED) is 0.615. The molecular weight excluding hydrogens is 353 g/mol. The first kappa shape index (κ1) is 16.9. The first-order chi connectivity index (χ1) is 12.9. The highest BCUT2D eigenvalue weighted by molar-refractivity contribution is 6.07. The predicted octanol–water partition coefficient (Wildman–Crippen LogP) is 2.23. The molecule has 3 N–H and O–H groups in total. The monoisotopic (exact) mass is 369 g/mol. The third-order valence-corrected chi connectivity index (χ3v) is 4.75. The molecule has 1 aromatic heterocycles. The van der Waals surface area contributed by atoms with Crippen LogP contribution < -0.4 is 15.4 Å². The zero-order chi connectivity index (χ0) is 19.2. The molecule has 0 saturated carbocycles. The fraction of sp³-hybridized carbons (Fsp3) is 0.158. The average Bonchev–Trinajstić information content (AvgIpc) is 3.11. The third-order valence-electron chi connectivity index (χ3n) is 4.75. The van der Waals surface area contributed by atoms with Crippen molar-refractivity contribution in [3.8, 4) is 11.6 Å². The lowest BCUT2D eigenvalue weighted by Gasteiger charge is -2.27. The van der Waals surface area contributed by atoms with E-state index in [0.29, 0.717) is 22.1 Å². The van der Waals surface area contributed by atoms with Crippen LogP contribution in [0.25, 0.3) is 10.8 Å². The largest absolute Gasteiger partial charge is 0.497 e. The number of hydrogen-bond acceptors (Lipinski definition) is 4. The van der Waals surface area contributed by atoms with E-state index in [1.165, 1.54) is 28.8 Å². The van der Waals surface area contributed by atoms with Gasteiger partial charge in [0.05, 0.1) is 13.7 Å². The highest BCUT2D eigenvalue weighted by Gasteiger charge is 2.48. The second kappa shape index (κ2) is 6.01. The molecule has 8 heteroatoms. The van der Waals surface area contributed by atoms with Crippen molar-refractivity contribution in [2.24, 2.45) is 0 Å². The van der Waals surface area contributed by atoms with Gasteiger partial charge >= 0.3 is 6.03 Å². The number of benzene rings is 2. The maximum atomic E-state index is 13.3. The van der Waals surface area contributed by atoms with E-state index in [1.54, 1.807) is 31.5 Å². The Morgan fingerprint density at radius 1 is 1.19 bits per heavy atom. The van der Waals surface area contributed by atoms with Crippen LogP contribution in [0.3, 0.4) is 0 Å². The Kier molecular flexibility index (Phi) is 3.76. The Balaban J connectivity index is 1.82. The Hall–Kier alpha value is -3.55. The van der Waals surface area contributed by atoms with Gasteiger partial charge in [-0.25, -0.2) is 9.18 Å². The lowest BCUT2D eigenvalue weighted by atomic mass is 9.89. The van der Waals surface area contributed by atoms with E-state index in [0.717, 1.165) is 0 Å². The topological polar surface area (TPSA) is 92.6 Å². The summed E-state index contributed by atoms with van der Waals surface area (Å²) in [7, 11) is 1.54. The van der Waals surface area contributed by atoms with E-state index in [2.05, 4.69) is 10.6 Å². The van der Waals surface area contributed by atoms with Gasteiger partial charge in [0.15, 0.2) is 11.4 Å². The lowest BCUT2D eigenvalue weighted by Crippen LogP contribution is -2.47. The minimum atomic E-state index is -1.47. The Morgan fingerprint density at radius 2 is 1.93 bits per heavy atom. The number of hydrogen-bond donors (Lipinski definition) is 3. The second-order valence-electron chi connectivity index (χ2n) is 6.35. The van der Waals surface area contributed by atoms with Gasteiger partial charge in [0.1, 0.15) is 11.6 Å². The zero-order valence-corrected chi connectivity index (χ0v) is 14.3. The number of carbonyl (C=O) groups excluding carboxylic acids is 2. The molecule has 7 nitrogen and oxygen atoms in total. The maximum absolute atomic E-state index is 13.3. The average molecular weight is 369 g/mol. The van der Waals surface area contributed by atoms with Crippen molar-refractivity contribution in [3.63, 3.8) is 0 Å². The van der Waals surface area contributed by atoms with Crippen molar-refractivity contribution in [2.75, 3.05) is 7.11 Å². The Morgan fingerprint density at radius 3 is 2.56 bits per heavy atom.